The Labute approximate surface area is 455 Å². The molecule has 4 aromatic carbocycles. The standard InChI is InChI=1S/C60H60B3N3O12/c1-55(2)56(3,4)74-61(73-55)43-19-28-49(64-34-43)37-13-22-46(23-14-37)70-52(67)40-31-41(53(68)71-47-24-15-38(16-25-47)50-29-20-44(35-65-50)62-75-57(5,6)58(7,8)76-62)33-42(32-40)54(69)72-48-26-17-39(18-27-48)51-30-21-45(36-66-51)63-77-59(9,10)60(11,12)78-63/h13-36H,1-12H3. The largest absolute Gasteiger partial charge is 0.496 e. The van der Waals surface area contributed by atoms with Crippen LogP contribution in [-0.2, 0) is 27.9 Å². The lowest BCUT2D eigenvalue weighted by atomic mass is 9.80. The number of nitrogens with zero attached hydrogens (tertiary/aromatic N) is 3. The van der Waals surface area contributed by atoms with Gasteiger partial charge in [0.25, 0.3) is 0 Å². The minimum Gasteiger partial charge on any atom is -0.423 e. The van der Waals surface area contributed by atoms with E-state index in [0.29, 0.717) is 17.1 Å². The van der Waals surface area contributed by atoms with Gasteiger partial charge in [-0.05, 0) is 192 Å². The first kappa shape index (κ1) is 54.1. The van der Waals surface area contributed by atoms with Crippen molar-refractivity contribution in [2.45, 2.75) is 117 Å². The van der Waals surface area contributed by atoms with Crippen molar-refractivity contribution in [2.24, 2.45) is 0 Å². The molecule has 0 atom stereocenters. The molecule has 3 saturated heterocycles. The Morgan fingerprint density at radius 3 is 0.744 bits per heavy atom. The van der Waals surface area contributed by atoms with Crippen LogP contribution in [0.25, 0.3) is 33.8 Å². The molecule has 78 heavy (non-hydrogen) atoms. The van der Waals surface area contributed by atoms with Gasteiger partial charge in [0, 0.05) is 51.7 Å². The van der Waals surface area contributed by atoms with E-state index >= 15 is 0 Å². The fourth-order valence-electron chi connectivity index (χ4n) is 8.64. The van der Waals surface area contributed by atoms with Crippen LogP contribution < -0.4 is 30.6 Å². The van der Waals surface area contributed by atoms with Crippen molar-refractivity contribution >= 4 is 55.7 Å². The summed E-state index contributed by atoms with van der Waals surface area (Å²) in [5, 5.41) is 0. The molecule has 3 aliphatic rings. The van der Waals surface area contributed by atoms with Gasteiger partial charge in [-0.25, -0.2) is 14.4 Å². The summed E-state index contributed by atoms with van der Waals surface area (Å²) in [4.78, 5) is 55.7. The first-order chi connectivity index (χ1) is 36.7. The van der Waals surface area contributed by atoms with Gasteiger partial charge >= 0.3 is 39.3 Å². The molecule has 6 heterocycles. The Morgan fingerprint density at radius 1 is 0.333 bits per heavy atom. The Morgan fingerprint density at radius 2 is 0.551 bits per heavy atom. The highest BCUT2D eigenvalue weighted by atomic mass is 16.7. The second-order valence-corrected chi connectivity index (χ2v) is 22.7. The summed E-state index contributed by atoms with van der Waals surface area (Å²) in [6, 6.07) is 35.7. The van der Waals surface area contributed by atoms with Crippen molar-refractivity contribution in [1.82, 2.24) is 15.0 Å². The van der Waals surface area contributed by atoms with Gasteiger partial charge < -0.3 is 42.1 Å². The Bertz CT molecular complexity index is 2970. The van der Waals surface area contributed by atoms with E-state index in [-0.39, 0.29) is 33.9 Å². The predicted molar refractivity (Wildman–Crippen MR) is 297 cm³/mol. The van der Waals surface area contributed by atoms with E-state index in [1.54, 1.807) is 91.4 Å². The number of carbonyl (C=O) groups is 3. The minimum atomic E-state index is -0.834. The van der Waals surface area contributed by atoms with Crippen LogP contribution >= 0.6 is 0 Å². The highest BCUT2D eigenvalue weighted by Gasteiger charge is 2.54. The van der Waals surface area contributed by atoms with Crippen molar-refractivity contribution in [2.75, 3.05) is 0 Å². The molecule has 3 aromatic heterocycles. The van der Waals surface area contributed by atoms with Gasteiger partial charge in [0.15, 0.2) is 0 Å². The first-order valence-corrected chi connectivity index (χ1v) is 25.8. The molecule has 3 fully saturated rings. The fourth-order valence-corrected chi connectivity index (χ4v) is 8.64. The maximum atomic E-state index is 13.9. The molecule has 0 radical (unpaired) electrons. The zero-order chi connectivity index (χ0) is 55.6. The van der Waals surface area contributed by atoms with Gasteiger partial charge in [0.2, 0.25) is 0 Å². The van der Waals surface area contributed by atoms with Crippen LogP contribution in [-0.4, -0.2) is 87.8 Å². The van der Waals surface area contributed by atoms with E-state index in [1.807, 2.05) is 119 Å². The van der Waals surface area contributed by atoms with Crippen molar-refractivity contribution < 1.29 is 56.5 Å². The number of carbonyl (C=O) groups excluding carboxylic acids is 3. The maximum Gasteiger partial charge on any atom is 0.496 e. The lowest BCUT2D eigenvalue weighted by Gasteiger charge is -2.32. The van der Waals surface area contributed by atoms with Crippen LogP contribution in [0.15, 0.2) is 146 Å². The number of ether oxygens (including phenoxy) is 3. The molecule has 396 valence electrons. The van der Waals surface area contributed by atoms with Gasteiger partial charge in [-0.15, -0.1) is 0 Å². The Kier molecular flexibility index (Phi) is 14.0. The number of benzene rings is 4. The summed E-state index contributed by atoms with van der Waals surface area (Å²) in [5.74, 6) is -1.87. The number of rotatable bonds is 12. The summed E-state index contributed by atoms with van der Waals surface area (Å²) in [6.45, 7) is 24.0. The summed E-state index contributed by atoms with van der Waals surface area (Å²) in [7, 11) is -1.65. The Hall–Kier alpha value is -7.31. The van der Waals surface area contributed by atoms with E-state index in [0.717, 1.165) is 33.1 Å². The third kappa shape index (κ3) is 10.9. The van der Waals surface area contributed by atoms with Crippen LogP contribution in [0.2, 0.25) is 0 Å². The van der Waals surface area contributed by atoms with Crippen molar-refractivity contribution in [3.8, 4) is 51.0 Å². The summed E-state index contributed by atoms with van der Waals surface area (Å²) in [6.07, 6.45) is 5.16. The van der Waals surface area contributed by atoms with E-state index in [9.17, 15) is 14.4 Å². The molecule has 0 aliphatic carbocycles. The maximum absolute atomic E-state index is 13.9. The molecule has 0 unspecified atom stereocenters. The summed E-state index contributed by atoms with van der Waals surface area (Å²) >= 11 is 0. The number of hydrogen-bond donors (Lipinski definition) is 0. The van der Waals surface area contributed by atoms with Crippen LogP contribution in [0.4, 0.5) is 0 Å². The molecule has 15 nitrogen and oxygen atoms in total. The zero-order valence-electron chi connectivity index (χ0n) is 45.8. The molecule has 0 bridgehead atoms. The second kappa shape index (κ2) is 20.2. The third-order valence-electron chi connectivity index (χ3n) is 15.7. The third-order valence-corrected chi connectivity index (χ3v) is 15.7. The van der Waals surface area contributed by atoms with Gasteiger partial charge in [-0.3, -0.25) is 15.0 Å². The van der Waals surface area contributed by atoms with E-state index in [2.05, 4.69) is 15.0 Å². The van der Waals surface area contributed by atoms with E-state index in [4.69, 9.17) is 42.1 Å². The summed E-state index contributed by atoms with van der Waals surface area (Å²) < 4.78 is 54.5. The SMILES string of the molecule is CC1(C)OB(c2ccc(-c3ccc(OC(=O)c4cc(C(=O)Oc5ccc(-c6ccc(B7OC(C)(C)C(C)(C)O7)cn6)cc5)cc(C(=O)Oc5ccc(-c6ccc(B7OC(C)(C)C(C)(C)O7)cn6)cc5)c4)cc3)nc2)OC1(C)C. The predicted octanol–water partition coefficient (Wildman–Crippen LogP) is 9.43. The lowest BCUT2D eigenvalue weighted by Crippen LogP contribution is -2.41. The molecule has 3 aliphatic heterocycles. The van der Waals surface area contributed by atoms with Gasteiger partial charge in [-0.1, -0.05) is 18.2 Å². The molecule has 0 amide bonds. The van der Waals surface area contributed by atoms with Gasteiger partial charge in [-0.2, -0.15) is 0 Å². The van der Waals surface area contributed by atoms with Crippen LogP contribution in [0, 0.1) is 0 Å². The summed E-state index contributed by atoms with van der Waals surface area (Å²) in [5.41, 5.74) is 3.49. The minimum absolute atomic E-state index is 0.101. The smallest absolute Gasteiger partial charge is 0.423 e. The fraction of sp³-hybridized carbons (Fsp3) is 0.300. The molecule has 0 N–H and O–H groups in total. The highest BCUT2D eigenvalue weighted by Crippen LogP contribution is 2.39. The van der Waals surface area contributed by atoms with Crippen LogP contribution in [0.5, 0.6) is 17.2 Å². The Balaban J connectivity index is 0.846. The number of pyridine rings is 3. The number of esters is 3. The molecule has 0 spiro atoms. The molecule has 10 rings (SSSR count). The topological polar surface area (TPSA) is 173 Å². The lowest BCUT2D eigenvalue weighted by molar-refractivity contribution is 0.00578. The molecular formula is C60H60B3N3O12. The van der Waals surface area contributed by atoms with Gasteiger partial charge in [0.05, 0.1) is 67.4 Å². The van der Waals surface area contributed by atoms with Crippen LogP contribution in [0.3, 0.4) is 0 Å². The van der Waals surface area contributed by atoms with Gasteiger partial charge in [0.1, 0.15) is 17.2 Å². The van der Waals surface area contributed by atoms with E-state index in [1.165, 1.54) is 18.2 Å². The average Bonchev–Trinajstić information content (AvgIpc) is 3.91. The van der Waals surface area contributed by atoms with Crippen molar-refractivity contribution in [3.63, 3.8) is 0 Å². The molecular weight excluding hydrogens is 987 g/mol. The number of hydrogen-bond acceptors (Lipinski definition) is 15. The molecule has 7 aromatic rings. The number of aromatic nitrogens is 3. The second-order valence-electron chi connectivity index (χ2n) is 22.7. The van der Waals surface area contributed by atoms with Crippen molar-refractivity contribution in [3.05, 3.63) is 163 Å². The average molecular weight is 1050 g/mol. The normalized spacial score (nSPS) is 18.4. The molecule has 18 heteroatoms. The van der Waals surface area contributed by atoms with Crippen molar-refractivity contribution in [1.29, 1.82) is 0 Å². The zero-order valence-corrected chi connectivity index (χ0v) is 45.8. The van der Waals surface area contributed by atoms with E-state index < -0.39 is 72.9 Å². The van der Waals surface area contributed by atoms with Crippen LogP contribution in [0.1, 0.15) is 114 Å². The quantitative estimate of drug-likeness (QED) is 0.0643. The highest BCUT2D eigenvalue weighted by molar-refractivity contribution is 6.63. The molecule has 0 saturated carbocycles. The first-order valence-electron chi connectivity index (χ1n) is 25.8. The monoisotopic (exact) mass is 1050 g/mol.